The quantitative estimate of drug-likeness (QED) is 0.455. The molecular formula is C21H14N4O3. The predicted molar refractivity (Wildman–Crippen MR) is 105 cm³/mol. The van der Waals surface area contributed by atoms with Crippen LogP contribution >= 0.6 is 0 Å². The monoisotopic (exact) mass is 370 g/mol. The smallest absolute Gasteiger partial charge is 0.291 e. The van der Waals surface area contributed by atoms with E-state index in [1.54, 1.807) is 22.8 Å². The zero-order valence-electron chi connectivity index (χ0n) is 14.9. The Morgan fingerprint density at radius 1 is 0.964 bits per heavy atom. The van der Waals surface area contributed by atoms with E-state index in [1.807, 2.05) is 49.5 Å². The van der Waals surface area contributed by atoms with E-state index >= 15 is 0 Å². The molecule has 0 bridgehead atoms. The second-order valence-corrected chi connectivity index (χ2v) is 6.44. The van der Waals surface area contributed by atoms with E-state index in [2.05, 4.69) is 14.7 Å². The van der Waals surface area contributed by atoms with Crippen LogP contribution in [0.15, 0.2) is 70.0 Å². The van der Waals surface area contributed by atoms with Gasteiger partial charge in [-0.25, -0.2) is 0 Å². The summed E-state index contributed by atoms with van der Waals surface area (Å²) in [6.07, 6.45) is 0.506. The van der Waals surface area contributed by atoms with E-state index in [4.69, 9.17) is 4.52 Å². The molecule has 0 aliphatic carbocycles. The van der Waals surface area contributed by atoms with Crippen LogP contribution in [0.25, 0.3) is 39.0 Å². The molecule has 28 heavy (non-hydrogen) atoms. The van der Waals surface area contributed by atoms with Gasteiger partial charge in [0.25, 0.3) is 11.4 Å². The molecule has 0 saturated carbocycles. The first-order valence-corrected chi connectivity index (χ1v) is 8.66. The highest BCUT2D eigenvalue weighted by Gasteiger charge is 2.14. The third-order valence-corrected chi connectivity index (χ3v) is 4.88. The first-order valence-electron chi connectivity index (χ1n) is 8.66. The molecule has 0 radical (unpaired) electrons. The molecule has 0 atom stereocenters. The van der Waals surface area contributed by atoms with Gasteiger partial charge in [-0.15, -0.1) is 0 Å². The molecule has 0 aliphatic heterocycles. The van der Waals surface area contributed by atoms with Crippen molar-refractivity contribution in [2.24, 2.45) is 7.05 Å². The van der Waals surface area contributed by atoms with Crippen molar-refractivity contribution in [3.05, 3.63) is 76.9 Å². The fraction of sp³-hybridized carbons (Fsp3) is 0.0476. The topological polar surface area (TPSA) is 82.9 Å². The second-order valence-electron chi connectivity index (χ2n) is 6.44. The number of para-hydroxylation sites is 1. The van der Waals surface area contributed by atoms with Gasteiger partial charge < -0.3 is 9.09 Å². The summed E-state index contributed by atoms with van der Waals surface area (Å²) in [5, 5.41) is 4.79. The van der Waals surface area contributed by atoms with Gasteiger partial charge in [-0.05, 0) is 36.4 Å². The van der Waals surface area contributed by atoms with Gasteiger partial charge in [0, 0.05) is 29.8 Å². The number of aromatic nitrogens is 4. The maximum atomic E-state index is 12.8. The van der Waals surface area contributed by atoms with Crippen LogP contribution in [0, 0.1) is 0 Å². The lowest BCUT2D eigenvalue weighted by molar-refractivity contribution is 0.108. The zero-order valence-corrected chi connectivity index (χ0v) is 14.9. The lowest BCUT2D eigenvalue weighted by Crippen LogP contribution is -2.17. The summed E-state index contributed by atoms with van der Waals surface area (Å²) in [6.45, 7) is 0. The van der Waals surface area contributed by atoms with Crippen LogP contribution in [0.5, 0.6) is 0 Å². The Labute approximate surface area is 158 Å². The predicted octanol–water partition coefficient (Wildman–Crippen LogP) is 3.34. The van der Waals surface area contributed by atoms with Gasteiger partial charge in [0.15, 0.2) is 0 Å². The Hall–Kier alpha value is -4.00. The number of fused-ring (bicyclic) bond motifs is 3. The number of carbonyl (C=O) groups excluding carboxylic acids is 1. The Kier molecular flexibility index (Phi) is 3.48. The average molecular weight is 370 g/mol. The number of nitrogens with zero attached hydrogens (tertiary/aromatic N) is 4. The summed E-state index contributed by atoms with van der Waals surface area (Å²) in [7, 11) is 1.99. The van der Waals surface area contributed by atoms with Crippen LogP contribution in [0.3, 0.4) is 0 Å². The van der Waals surface area contributed by atoms with Crippen molar-refractivity contribution in [3.63, 3.8) is 0 Å². The highest BCUT2D eigenvalue weighted by molar-refractivity contribution is 6.06. The number of aryl methyl sites for hydroxylation is 1. The summed E-state index contributed by atoms with van der Waals surface area (Å²) in [5.41, 5.74) is 4.20. The Balaban J connectivity index is 1.73. The third kappa shape index (κ3) is 2.30. The van der Waals surface area contributed by atoms with Crippen molar-refractivity contribution in [2.75, 3.05) is 0 Å². The Morgan fingerprint density at radius 2 is 1.75 bits per heavy atom. The van der Waals surface area contributed by atoms with Crippen LogP contribution < -0.4 is 5.56 Å². The number of aldehydes is 1. The van der Waals surface area contributed by atoms with Gasteiger partial charge >= 0.3 is 0 Å². The standard InChI is InChI=1S/C21H14N4O3/c1-24-16-5-3-2-4-15(16)20-17(24)10-11-19(27)25(20)14-8-6-13(7-9-14)21-22-18(12-26)28-23-21/h2-12H,1H3. The number of hydrogen-bond acceptors (Lipinski definition) is 5. The molecule has 0 N–H and O–H groups in total. The second kappa shape index (κ2) is 6.02. The van der Waals surface area contributed by atoms with Crippen molar-refractivity contribution in [1.82, 2.24) is 19.3 Å². The molecular weight excluding hydrogens is 356 g/mol. The minimum absolute atomic E-state index is 0.0733. The van der Waals surface area contributed by atoms with Gasteiger partial charge in [0.2, 0.25) is 12.1 Å². The van der Waals surface area contributed by atoms with Crippen LogP contribution in [0.2, 0.25) is 0 Å². The first kappa shape index (κ1) is 16.2. The van der Waals surface area contributed by atoms with Crippen LogP contribution in [0.1, 0.15) is 10.7 Å². The molecule has 3 heterocycles. The maximum Gasteiger partial charge on any atom is 0.291 e. The molecule has 0 fully saturated rings. The summed E-state index contributed by atoms with van der Waals surface area (Å²) in [5.74, 6) is 0.250. The Bertz CT molecular complexity index is 1410. The van der Waals surface area contributed by atoms with Crippen molar-refractivity contribution in [2.45, 2.75) is 0 Å². The molecule has 0 unspecified atom stereocenters. The minimum Gasteiger partial charge on any atom is -0.342 e. The molecule has 0 aliphatic rings. The van der Waals surface area contributed by atoms with Crippen LogP contribution in [-0.4, -0.2) is 25.6 Å². The number of pyridine rings is 1. The minimum atomic E-state index is -0.112. The number of hydrogen-bond donors (Lipinski definition) is 0. The van der Waals surface area contributed by atoms with Gasteiger partial charge in [0.1, 0.15) is 0 Å². The summed E-state index contributed by atoms with van der Waals surface area (Å²) in [6, 6.07) is 18.7. The van der Waals surface area contributed by atoms with E-state index in [9.17, 15) is 9.59 Å². The summed E-state index contributed by atoms with van der Waals surface area (Å²) >= 11 is 0. The maximum absolute atomic E-state index is 12.8. The highest BCUT2D eigenvalue weighted by Crippen LogP contribution is 2.29. The third-order valence-electron chi connectivity index (χ3n) is 4.88. The van der Waals surface area contributed by atoms with Crippen molar-refractivity contribution >= 4 is 28.2 Å². The Morgan fingerprint density at radius 3 is 2.50 bits per heavy atom. The fourth-order valence-corrected chi connectivity index (χ4v) is 3.57. The SMILES string of the molecule is Cn1c2ccccc2c2c1ccc(=O)n2-c1ccc(-c2noc(C=O)n2)cc1. The van der Waals surface area contributed by atoms with Gasteiger partial charge in [0.05, 0.1) is 16.6 Å². The lowest BCUT2D eigenvalue weighted by atomic mass is 10.1. The van der Waals surface area contributed by atoms with Gasteiger partial charge in [-0.2, -0.15) is 4.98 Å². The molecule has 0 saturated heterocycles. The number of carbonyl (C=O) groups is 1. The molecule has 2 aromatic carbocycles. The molecule has 7 heteroatoms. The normalized spacial score (nSPS) is 11.3. The van der Waals surface area contributed by atoms with E-state index in [1.165, 1.54) is 0 Å². The van der Waals surface area contributed by atoms with Crippen molar-refractivity contribution in [1.29, 1.82) is 0 Å². The zero-order chi connectivity index (χ0) is 19.3. The molecule has 3 aromatic heterocycles. The van der Waals surface area contributed by atoms with Crippen LogP contribution in [0.4, 0.5) is 0 Å². The van der Waals surface area contributed by atoms with Gasteiger partial charge in [-0.3, -0.25) is 14.2 Å². The van der Waals surface area contributed by atoms with Crippen molar-refractivity contribution < 1.29 is 9.32 Å². The molecule has 0 spiro atoms. The highest BCUT2D eigenvalue weighted by atomic mass is 16.5. The lowest BCUT2D eigenvalue weighted by Gasteiger charge is -2.09. The summed E-state index contributed by atoms with van der Waals surface area (Å²) in [4.78, 5) is 27.5. The fourth-order valence-electron chi connectivity index (χ4n) is 3.57. The molecule has 7 nitrogen and oxygen atoms in total. The average Bonchev–Trinajstić information content (AvgIpc) is 3.32. The van der Waals surface area contributed by atoms with E-state index < -0.39 is 0 Å². The van der Waals surface area contributed by atoms with E-state index in [-0.39, 0.29) is 11.4 Å². The molecule has 136 valence electrons. The summed E-state index contributed by atoms with van der Waals surface area (Å²) < 4.78 is 8.61. The largest absolute Gasteiger partial charge is 0.342 e. The molecule has 5 rings (SSSR count). The number of rotatable bonds is 3. The van der Waals surface area contributed by atoms with Gasteiger partial charge in [-0.1, -0.05) is 23.4 Å². The van der Waals surface area contributed by atoms with E-state index in [0.29, 0.717) is 17.7 Å². The van der Waals surface area contributed by atoms with Crippen molar-refractivity contribution in [3.8, 4) is 17.1 Å². The molecule has 5 aromatic rings. The van der Waals surface area contributed by atoms with Crippen LogP contribution in [-0.2, 0) is 7.05 Å². The number of benzene rings is 2. The first-order chi connectivity index (χ1) is 13.7. The molecule has 0 amide bonds. The van der Waals surface area contributed by atoms with E-state index in [0.717, 1.165) is 27.6 Å².